The molecule has 0 saturated carbocycles. The van der Waals surface area contributed by atoms with Crippen molar-refractivity contribution in [3.63, 3.8) is 0 Å². The highest BCUT2D eigenvalue weighted by Crippen LogP contribution is 2.45. The van der Waals surface area contributed by atoms with Crippen LogP contribution in [0.1, 0.15) is 73.3 Å². The van der Waals surface area contributed by atoms with Crippen molar-refractivity contribution in [2.75, 3.05) is 13.2 Å². The number of hydrogen-bond acceptors (Lipinski definition) is 4. The number of aromatic nitrogens is 2. The number of benzene rings is 2. The minimum absolute atomic E-state index is 0.0835. The summed E-state index contributed by atoms with van der Waals surface area (Å²) in [6.07, 6.45) is 2.84. The van der Waals surface area contributed by atoms with Gasteiger partial charge in [0.2, 0.25) is 0 Å². The fraction of sp³-hybridized carbons (Fsp3) is 0.407. The first kappa shape index (κ1) is 24.1. The van der Waals surface area contributed by atoms with Crippen LogP contribution < -0.4 is 4.74 Å². The molecule has 0 bridgehead atoms. The molecule has 0 fully saturated rings. The van der Waals surface area contributed by atoms with Gasteiger partial charge in [0.05, 0.1) is 12.6 Å². The molecule has 0 spiro atoms. The number of unbranched alkanes of at least 4 members (excludes halogenated alkanes) is 1. The first-order valence-electron chi connectivity index (χ1n) is 11.9. The van der Waals surface area contributed by atoms with Gasteiger partial charge in [0.25, 0.3) is 5.91 Å². The number of aromatic amines is 1. The van der Waals surface area contributed by atoms with Crippen LogP contribution in [0, 0.1) is 12.8 Å². The number of nitrogens with one attached hydrogen (secondary N) is 1. The fourth-order valence-electron chi connectivity index (χ4n) is 4.35. The van der Waals surface area contributed by atoms with Crippen LogP contribution in [0.4, 0.5) is 0 Å². The van der Waals surface area contributed by atoms with Crippen LogP contribution in [0.5, 0.6) is 11.5 Å². The topological polar surface area (TPSA) is 78.5 Å². The number of fused-ring (bicyclic) bond motifs is 1. The summed E-state index contributed by atoms with van der Waals surface area (Å²) in [4.78, 5) is 15.3. The number of hydrogen-bond donors (Lipinski definition) is 2. The van der Waals surface area contributed by atoms with Crippen LogP contribution in [-0.4, -0.2) is 39.3 Å². The summed E-state index contributed by atoms with van der Waals surface area (Å²) in [6.45, 7) is 9.56. The van der Waals surface area contributed by atoms with Crippen LogP contribution in [0.3, 0.4) is 0 Å². The Kier molecular flexibility index (Phi) is 7.17. The summed E-state index contributed by atoms with van der Waals surface area (Å²) in [6, 6.07) is 10.9. The molecule has 34 heavy (non-hydrogen) atoms. The number of carbonyl (C=O) groups excluding carboxylic acids is 1. The molecule has 1 amide bonds. The highest BCUT2D eigenvalue weighted by Gasteiger charge is 2.42. The van der Waals surface area contributed by atoms with Crippen molar-refractivity contribution >= 4 is 17.5 Å². The Morgan fingerprint density at radius 3 is 2.79 bits per heavy atom. The smallest absolute Gasteiger partial charge is 0.273 e. The number of aryl methyl sites for hydroxylation is 1. The molecule has 1 aliphatic rings. The van der Waals surface area contributed by atoms with Crippen molar-refractivity contribution in [2.45, 2.75) is 53.0 Å². The van der Waals surface area contributed by atoms with E-state index in [0.29, 0.717) is 41.0 Å². The molecule has 1 unspecified atom stereocenters. The van der Waals surface area contributed by atoms with Gasteiger partial charge in [-0.15, -0.1) is 0 Å². The van der Waals surface area contributed by atoms with E-state index in [0.717, 1.165) is 41.7 Å². The second kappa shape index (κ2) is 10.1. The molecule has 1 atom stereocenters. The summed E-state index contributed by atoms with van der Waals surface area (Å²) >= 11 is 6.38. The van der Waals surface area contributed by atoms with Gasteiger partial charge in [-0.1, -0.05) is 50.9 Å². The number of rotatable bonds is 9. The van der Waals surface area contributed by atoms with Gasteiger partial charge in [0, 0.05) is 22.7 Å². The summed E-state index contributed by atoms with van der Waals surface area (Å²) < 4.78 is 6.01. The lowest BCUT2D eigenvalue weighted by molar-refractivity contribution is 0.0741. The maximum atomic E-state index is 13.4. The molecule has 0 saturated heterocycles. The van der Waals surface area contributed by atoms with E-state index in [-0.39, 0.29) is 17.7 Å². The van der Waals surface area contributed by atoms with E-state index in [1.54, 1.807) is 12.1 Å². The summed E-state index contributed by atoms with van der Waals surface area (Å²) in [7, 11) is 0. The predicted molar refractivity (Wildman–Crippen MR) is 135 cm³/mol. The van der Waals surface area contributed by atoms with Gasteiger partial charge in [-0.25, -0.2) is 0 Å². The van der Waals surface area contributed by atoms with Crippen molar-refractivity contribution in [3.05, 3.63) is 63.8 Å². The maximum absolute atomic E-state index is 13.4. The van der Waals surface area contributed by atoms with Crippen molar-refractivity contribution < 1.29 is 14.6 Å². The van der Waals surface area contributed by atoms with E-state index in [1.807, 2.05) is 36.1 Å². The highest BCUT2D eigenvalue weighted by molar-refractivity contribution is 6.31. The Bertz CT molecular complexity index is 1190. The number of carbonyl (C=O) groups is 1. The highest BCUT2D eigenvalue weighted by atomic mass is 35.5. The molecular formula is C27H32ClN3O3. The molecule has 7 heteroatoms. The quantitative estimate of drug-likeness (QED) is 0.365. The third kappa shape index (κ3) is 4.64. The molecule has 0 aliphatic carbocycles. The number of aromatic hydroxyl groups is 1. The number of halogens is 1. The second-order valence-electron chi connectivity index (χ2n) is 9.34. The summed E-state index contributed by atoms with van der Waals surface area (Å²) in [5, 5.41) is 18.6. The molecule has 1 aromatic heterocycles. The Hall–Kier alpha value is -2.99. The number of phenolic OH excluding ortho intramolecular Hbond substituents is 1. The SMILES string of the molecule is CCCCN1C(=O)c2[nH]nc(-c3cc(Cl)c(C)cc3O)c2C1c1cccc(OCCC(C)C)c1. The number of phenols is 1. The Balaban J connectivity index is 1.79. The fourth-order valence-corrected chi connectivity index (χ4v) is 4.51. The van der Waals surface area contributed by atoms with E-state index in [2.05, 4.69) is 31.0 Å². The third-order valence-electron chi connectivity index (χ3n) is 6.29. The zero-order valence-electron chi connectivity index (χ0n) is 20.2. The molecule has 1 aliphatic heterocycles. The van der Waals surface area contributed by atoms with Crippen molar-refractivity contribution in [1.82, 2.24) is 15.1 Å². The van der Waals surface area contributed by atoms with Crippen LogP contribution >= 0.6 is 11.6 Å². The minimum Gasteiger partial charge on any atom is -0.507 e. The van der Waals surface area contributed by atoms with Crippen molar-refractivity contribution in [3.8, 4) is 22.8 Å². The van der Waals surface area contributed by atoms with Gasteiger partial charge in [-0.05, 0) is 61.1 Å². The molecular weight excluding hydrogens is 450 g/mol. The number of H-pyrrole nitrogens is 1. The average Bonchev–Trinajstić information content (AvgIpc) is 3.33. The molecule has 180 valence electrons. The van der Waals surface area contributed by atoms with Crippen LogP contribution in [0.2, 0.25) is 5.02 Å². The maximum Gasteiger partial charge on any atom is 0.273 e. The minimum atomic E-state index is -0.337. The lowest BCUT2D eigenvalue weighted by Crippen LogP contribution is -2.30. The first-order valence-corrected chi connectivity index (χ1v) is 12.3. The predicted octanol–water partition coefficient (Wildman–Crippen LogP) is 6.51. The van der Waals surface area contributed by atoms with E-state index in [9.17, 15) is 9.90 Å². The van der Waals surface area contributed by atoms with Gasteiger partial charge in [0.1, 0.15) is 22.9 Å². The van der Waals surface area contributed by atoms with Crippen LogP contribution in [0.25, 0.3) is 11.3 Å². The first-order chi connectivity index (χ1) is 16.3. The molecule has 4 rings (SSSR count). The Labute approximate surface area is 205 Å². The average molecular weight is 482 g/mol. The number of amides is 1. The lowest BCUT2D eigenvalue weighted by Gasteiger charge is -2.26. The van der Waals surface area contributed by atoms with Gasteiger partial charge < -0.3 is 14.7 Å². The van der Waals surface area contributed by atoms with Crippen LogP contribution in [-0.2, 0) is 0 Å². The molecule has 0 radical (unpaired) electrons. The van der Waals surface area contributed by atoms with Crippen molar-refractivity contribution in [2.24, 2.45) is 5.92 Å². The van der Waals surface area contributed by atoms with Crippen molar-refractivity contribution in [1.29, 1.82) is 0 Å². The molecule has 6 nitrogen and oxygen atoms in total. The van der Waals surface area contributed by atoms with E-state index >= 15 is 0 Å². The zero-order valence-corrected chi connectivity index (χ0v) is 20.9. The Morgan fingerprint density at radius 2 is 2.06 bits per heavy atom. The van der Waals surface area contributed by atoms with Crippen LogP contribution in [0.15, 0.2) is 36.4 Å². The molecule has 2 aromatic carbocycles. The standard InChI is InChI=1S/C27H32ClN3O3/c1-5-6-11-31-26(18-8-7-9-19(14-18)34-12-10-16(2)3)23-24(29-30-25(23)27(31)33)20-15-21(28)17(4)13-22(20)32/h7-9,13-16,26,32H,5-6,10-12H2,1-4H3,(H,29,30). The third-order valence-corrected chi connectivity index (χ3v) is 6.69. The summed E-state index contributed by atoms with van der Waals surface area (Å²) in [5.41, 5.74) is 3.99. The van der Waals surface area contributed by atoms with E-state index in [1.165, 1.54) is 0 Å². The largest absolute Gasteiger partial charge is 0.507 e. The molecule has 2 heterocycles. The second-order valence-corrected chi connectivity index (χ2v) is 9.74. The Morgan fingerprint density at radius 1 is 1.26 bits per heavy atom. The van der Waals surface area contributed by atoms with Gasteiger partial charge in [0.15, 0.2) is 0 Å². The monoisotopic (exact) mass is 481 g/mol. The van der Waals surface area contributed by atoms with Gasteiger partial charge in [-0.3, -0.25) is 9.89 Å². The number of ether oxygens (including phenoxy) is 1. The van der Waals surface area contributed by atoms with Gasteiger partial charge in [-0.2, -0.15) is 5.10 Å². The zero-order chi connectivity index (χ0) is 24.4. The summed E-state index contributed by atoms with van der Waals surface area (Å²) in [5.74, 6) is 1.34. The number of nitrogens with zero attached hydrogens (tertiary/aromatic N) is 2. The van der Waals surface area contributed by atoms with E-state index < -0.39 is 0 Å². The van der Waals surface area contributed by atoms with E-state index in [4.69, 9.17) is 16.3 Å². The normalized spacial score (nSPS) is 15.3. The molecule has 2 N–H and O–H groups in total. The molecule has 3 aromatic rings. The lowest BCUT2D eigenvalue weighted by atomic mass is 9.95. The van der Waals surface area contributed by atoms with Gasteiger partial charge >= 0.3 is 0 Å².